The summed E-state index contributed by atoms with van der Waals surface area (Å²) in [5.74, 6) is 1.66. The minimum atomic E-state index is -0.565. The summed E-state index contributed by atoms with van der Waals surface area (Å²) in [5, 5.41) is 20.1. The molecule has 1 atom stereocenters. The van der Waals surface area contributed by atoms with Crippen molar-refractivity contribution in [1.82, 2.24) is 35.2 Å². The number of aromatic nitrogens is 7. The van der Waals surface area contributed by atoms with Crippen LogP contribution < -0.4 is 15.0 Å². The largest absolute Gasteiger partial charge is 0.497 e. The summed E-state index contributed by atoms with van der Waals surface area (Å²) in [6.45, 7) is 6.78. The molecular formula is C27H31N9O4. The first kappa shape index (κ1) is 25.7. The third-order valence-corrected chi connectivity index (χ3v) is 7.06. The number of rotatable bonds is 8. The highest BCUT2D eigenvalue weighted by Crippen LogP contribution is 2.32. The fourth-order valence-electron chi connectivity index (χ4n) is 4.71. The van der Waals surface area contributed by atoms with Gasteiger partial charge in [-0.15, -0.1) is 10.2 Å². The maximum absolute atomic E-state index is 12.0. The molecule has 0 bridgehead atoms. The summed E-state index contributed by atoms with van der Waals surface area (Å²) in [4.78, 5) is 22.9. The molecule has 1 aliphatic carbocycles. The van der Waals surface area contributed by atoms with E-state index in [-0.39, 0.29) is 24.7 Å². The number of hydrogen-bond donors (Lipinski definition) is 1. The maximum Gasteiger partial charge on any atom is 0.318 e. The van der Waals surface area contributed by atoms with Crippen molar-refractivity contribution >= 4 is 17.9 Å². The van der Waals surface area contributed by atoms with Crippen molar-refractivity contribution < 1.29 is 18.7 Å². The van der Waals surface area contributed by atoms with Crippen LogP contribution in [-0.4, -0.2) is 67.4 Å². The van der Waals surface area contributed by atoms with Gasteiger partial charge in [-0.25, -0.2) is 14.6 Å². The van der Waals surface area contributed by atoms with Gasteiger partial charge in [-0.3, -0.25) is 4.79 Å². The van der Waals surface area contributed by atoms with Crippen molar-refractivity contribution in [2.75, 3.05) is 30.4 Å². The molecule has 40 heavy (non-hydrogen) atoms. The topological polar surface area (TPSA) is 146 Å². The Labute approximate surface area is 230 Å². The third-order valence-electron chi connectivity index (χ3n) is 7.06. The fraction of sp³-hybridized carbons (Fsp3) is 0.444. The molecule has 1 aliphatic heterocycles. The first-order chi connectivity index (χ1) is 19.2. The first-order valence-electron chi connectivity index (χ1n) is 13.2. The highest BCUT2D eigenvalue weighted by atomic mass is 16.5. The minimum absolute atomic E-state index is 0.0342. The molecule has 4 aromatic rings. The van der Waals surface area contributed by atoms with Gasteiger partial charge in [0.05, 0.1) is 30.0 Å². The molecule has 0 spiro atoms. The van der Waals surface area contributed by atoms with Crippen LogP contribution in [0, 0.1) is 5.41 Å². The van der Waals surface area contributed by atoms with Gasteiger partial charge in [0.1, 0.15) is 5.75 Å². The van der Waals surface area contributed by atoms with Gasteiger partial charge in [-0.05, 0) is 56.9 Å². The Hall–Kier alpha value is -4.55. The van der Waals surface area contributed by atoms with Crippen LogP contribution in [0.1, 0.15) is 43.5 Å². The number of anilines is 2. The van der Waals surface area contributed by atoms with E-state index in [0.29, 0.717) is 36.5 Å². The SMILES string of the molecule is COc1ccc2c(c1)CC(Nc1ncc(-c3nnc(N4CC(c5cn(COC(=O)C(C)(C)C)nn5)C4)o3)cn1)C2. The van der Waals surface area contributed by atoms with Gasteiger partial charge in [0.25, 0.3) is 5.89 Å². The average Bonchev–Trinajstić information content (AvgIpc) is 3.66. The van der Waals surface area contributed by atoms with Crippen LogP contribution in [0.15, 0.2) is 41.2 Å². The van der Waals surface area contributed by atoms with Crippen LogP contribution in [0.5, 0.6) is 5.75 Å². The highest BCUT2D eigenvalue weighted by Gasteiger charge is 2.34. The summed E-state index contributed by atoms with van der Waals surface area (Å²) in [5.41, 5.74) is 3.50. The number of ether oxygens (including phenoxy) is 2. The summed E-state index contributed by atoms with van der Waals surface area (Å²) in [6, 6.07) is 6.85. The van der Waals surface area contributed by atoms with Crippen molar-refractivity contribution in [1.29, 1.82) is 0 Å². The van der Waals surface area contributed by atoms with E-state index in [9.17, 15) is 4.79 Å². The van der Waals surface area contributed by atoms with Crippen molar-refractivity contribution in [2.24, 2.45) is 5.41 Å². The lowest BCUT2D eigenvalue weighted by Crippen LogP contribution is -2.45. The van der Waals surface area contributed by atoms with Crippen LogP contribution in [0.3, 0.4) is 0 Å². The summed E-state index contributed by atoms with van der Waals surface area (Å²) >= 11 is 0. The number of benzene rings is 1. The molecule has 4 heterocycles. The number of nitrogens with zero attached hydrogens (tertiary/aromatic N) is 8. The van der Waals surface area contributed by atoms with Crippen LogP contribution in [-0.2, 0) is 29.1 Å². The minimum Gasteiger partial charge on any atom is -0.497 e. The highest BCUT2D eigenvalue weighted by molar-refractivity contribution is 5.75. The Morgan fingerprint density at radius 1 is 1.10 bits per heavy atom. The van der Waals surface area contributed by atoms with Crippen LogP contribution in [0.25, 0.3) is 11.5 Å². The van der Waals surface area contributed by atoms with Gasteiger partial charge in [-0.1, -0.05) is 16.4 Å². The van der Waals surface area contributed by atoms with E-state index in [4.69, 9.17) is 13.9 Å². The molecule has 1 aromatic carbocycles. The molecular weight excluding hydrogens is 514 g/mol. The zero-order chi connectivity index (χ0) is 27.9. The molecule has 208 valence electrons. The quantitative estimate of drug-likeness (QED) is 0.325. The van der Waals surface area contributed by atoms with Crippen molar-refractivity contribution in [2.45, 2.75) is 52.3 Å². The number of hydrogen-bond acceptors (Lipinski definition) is 12. The fourth-order valence-corrected chi connectivity index (χ4v) is 4.71. The second-order valence-electron chi connectivity index (χ2n) is 11.2. The number of nitrogens with one attached hydrogen (secondary N) is 1. The zero-order valence-electron chi connectivity index (χ0n) is 22.9. The smallest absolute Gasteiger partial charge is 0.318 e. The van der Waals surface area contributed by atoms with E-state index >= 15 is 0 Å². The molecule has 0 radical (unpaired) electrons. The molecule has 2 aliphatic rings. The van der Waals surface area contributed by atoms with Gasteiger partial charge >= 0.3 is 12.0 Å². The first-order valence-corrected chi connectivity index (χ1v) is 13.2. The van der Waals surface area contributed by atoms with Gasteiger partial charge in [-0.2, -0.15) is 0 Å². The number of carbonyl (C=O) groups is 1. The normalized spacial score (nSPS) is 16.9. The molecule has 13 heteroatoms. The van der Waals surface area contributed by atoms with E-state index in [1.165, 1.54) is 15.8 Å². The molecule has 3 aromatic heterocycles. The van der Waals surface area contributed by atoms with Gasteiger partial charge in [0.2, 0.25) is 5.95 Å². The summed E-state index contributed by atoms with van der Waals surface area (Å²) in [6.07, 6.45) is 6.96. The molecule has 1 saturated heterocycles. The number of esters is 1. The monoisotopic (exact) mass is 545 g/mol. The van der Waals surface area contributed by atoms with Crippen LogP contribution >= 0.6 is 0 Å². The number of methoxy groups -OCH3 is 1. The van der Waals surface area contributed by atoms with E-state index in [1.54, 1.807) is 25.7 Å². The molecule has 1 unspecified atom stereocenters. The van der Waals surface area contributed by atoms with E-state index < -0.39 is 5.41 Å². The summed E-state index contributed by atoms with van der Waals surface area (Å²) < 4.78 is 18.0. The summed E-state index contributed by atoms with van der Waals surface area (Å²) in [7, 11) is 1.68. The lowest BCUT2D eigenvalue weighted by molar-refractivity contribution is -0.157. The lowest BCUT2D eigenvalue weighted by atomic mass is 9.97. The van der Waals surface area contributed by atoms with E-state index in [2.05, 4.69) is 47.9 Å². The Morgan fingerprint density at radius 3 is 2.62 bits per heavy atom. The van der Waals surface area contributed by atoms with Crippen molar-refractivity contribution in [3.63, 3.8) is 0 Å². The molecule has 0 saturated carbocycles. The number of carbonyl (C=O) groups excluding carboxylic acids is 1. The molecule has 6 rings (SSSR count). The Kier molecular flexibility index (Phi) is 6.56. The predicted octanol–water partition coefficient (Wildman–Crippen LogP) is 2.86. The number of fused-ring (bicyclic) bond motifs is 1. The zero-order valence-corrected chi connectivity index (χ0v) is 22.9. The molecule has 1 fully saturated rings. The van der Waals surface area contributed by atoms with Crippen molar-refractivity contribution in [3.05, 3.63) is 53.6 Å². The third kappa shape index (κ3) is 5.31. The van der Waals surface area contributed by atoms with Crippen molar-refractivity contribution in [3.8, 4) is 17.2 Å². The average molecular weight is 546 g/mol. The van der Waals surface area contributed by atoms with Gasteiger partial charge in [0, 0.05) is 37.4 Å². The van der Waals surface area contributed by atoms with E-state index in [0.717, 1.165) is 24.3 Å². The standard InChI is InChI=1S/C27H31N9O4/c1-27(2,3)24(37)39-15-36-14-22(31-34-36)19-12-35(13-19)26-33-32-23(40-26)18-10-28-25(29-11-18)30-20-7-16-5-6-21(38-4)9-17(16)8-20/h5-6,9-11,14,19-20H,7-8,12-13,15H2,1-4H3,(H,28,29,30). The van der Waals surface area contributed by atoms with Gasteiger partial charge in [0.15, 0.2) is 6.73 Å². The van der Waals surface area contributed by atoms with Crippen LogP contribution in [0.4, 0.5) is 12.0 Å². The lowest BCUT2D eigenvalue weighted by Gasteiger charge is -2.36. The Balaban J connectivity index is 1.00. The van der Waals surface area contributed by atoms with Crippen LogP contribution in [0.2, 0.25) is 0 Å². The Bertz CT molecular complexity index is 1500. The molecule has 13 nitrogen and oxygen atoms in total. The second kappa shape index (κ2) is 10.2. The Morgan fingerprint density at radius 2 is 1.88 bits per heavy atom. The van der Waals surface area contributed by atoms with E-state index in [1.807, 2.05) is 31.7 Å². The predicted molar refractivity (Wildman–Crippen MR) is 144 cm³/mol. The molecule has 0 amide bonds. The maximum atomic E-state index is 12.0. The van der Waals surface area contributed by atoms with Gasteiger partial charge < -0.3 is 24.1 Å². The second-order valence-corrected chi connectivity index (χ2v) is 11.2. The molecule has 1 N–H and O–H groups in total.